The van der Waals surface area contributed by atoms with Crippen molar-refractivity contribution >= 4 is 35.1 Å². The monoisotopic (exact) mass is 413 g/mol. The predicted octanol–water partition coefficient (Wildman–Crippen LogP) is 3.68. The van der Waals surface area contributed by atoms with Crippen molar-refractivity contribution in [2.45, 2.75) is 10.1 Å². The SMILES string of the molecule is C=CCSc1ccccc1NC(=O)CSc1nnnn1-c1ccccc1OC. The van der Waals surface area contributed by atoms with Gasteiger partial charge >= 0.3 is 0 Å². The van der Waals surface area contributed by atoms with Gasteiger partial charge in [0.15, 0.2) is 0 Å². The van der Waals surface area contributed by atoms with E-state index in [0.717, 1.165) is 16.3 Å². The Kier molecular flexibility index (Phi) is 7.10. The summed E-state index contributed by atoms with van der Waals surface area (Å²) in [5.41, 5.74) is 1.49. The minimum absolute atomic E-state index is 0.133. The van der Waals surface area contributed by atoms with Crippen molar-refractivity contribution in [3.63, 3.8) is 0 Å². The largest absolute Gasteiger partial charge is 0.494 e. The molecule has 1 heterocycles. The lowest BCUT2D eigenvalue weighted by molar-refractivity contribution is -0.113. The fourth-order valence-corrected chi connectivity index (χ4v) is 3.82. The number of thioether (sulfide) groups is 2. The van der Waals surface area contributed by atoms with Crippen molar-refractivity contribution < 1.29 is 9.53 Å². The van der Waals surface area contributed by atoms with E-state index in [2.05, 4.69) is 27.4 Å². The van der Waals surface area contributed by atoms with E-state index >= 15 is 0 Å². The lowest BCUT2D eigenvalue weighted by Crippen LogP contribution is -2.15. The van der Waals surface area contributed by atoms with Crippen molar-refractivity contribution in [1.82, 2.24) is 20.2 Å². The van der Waals surface area contributed by atoms with E-state index in [9.17, 15) is 4.79 Å². The Labute approximate surface area is 171 Å². The molecule has 2 aromatic carbocycles. The van der Waals surface area contributed by atoms with E-state index in [1.54, 1.807) is 23.6 Å². The molecule has 0 aliphatic rings. The molecule has 0 radical (unpaired) electrons. The number of nitrogens with zero attached hydrogens (tertiary/aromatic N) is 4. The zero-order chi connectivity index (χ0) is 19.8. The molecule has 0 atom stereocenters. The topological polar surface area (TPSA) is 81.9 Å². The Morgan fingerprint density at radius 3 is 2.82 bits per heavy atom. The van der Waals surface area contributed by atoms with Crippen molar-refractivity contribution in [1.29, 1.82) is 0 Å². The minimum atomic E-state index is -0.133. The van der Waals surface area contributed by atoms with E-state index in [0.29, 0.717) is 16.6 Å². The fourth-order valence-electron chi connectivity index (χ4n) is 2.39. The number of aromatic nitrogens is 4. The molecule has 3 rings (SSSR count). The van der Waals surface area contributed by atoms with Gasteiger partial charge in [-0.3, -0.25) is 4.79 Å². The van der Waals surface area contributed by atoms with E-state index in [-0.39, 0.29) is 11.7 Å². The molecule has 0 bridgehead atoms. The van der Waals surface area contributed by atoms with Crippen LogP contribution in [0.3, 0.4) is 0 Å². The molecule has 0 fully saturated rings. The van der Waals surface area contributed by atoms with Gasteiger partial charge in [-0.05, 0) is 34.7 Å². The molecule has 28 heavy (non-hydrogen) atoms. The van der Waals surface area contributed by atoms with Gasteiger partial charge in [0.2, 0.25) is 11.1 Å². The van der Waals surface area contributed by atoms with Gasteiger partial charge in [0.1, 0.15) is 11.4 Å². The second kappa shape index (κ2) is 9.95. The van der Waals surface area contributed by atoms with Gasteiger partial charge in [0.05, 0.1) is 18.6 Å². The second-order valence-corrected chi connectivity index (χ2v) is 7.48. The summed E-state index contributed by atoms with van der Waals surface area (Å²) in [6.07, 6.45) is 1.83. The van der Waals surface area contributed by atoms with Crippen molar-refractivity contribution in [3.05, 3.63) is 61.2 Å². The zero-order valence-electron chi connectivity index (χ0n) is 15.2. The van der Waals surface area contributed by atoms with Crippen LogP contribution in [0.1, 0.15) is 0 Å². The van der Waals surface area contributed by atoms with Gasteiger partial charge in [-0.25, -0.2) is 0 Å². The number of benzene rings is 2. The Balaban J connectivity index is 1.67. The van der Waals surface area contributed by atoms with Crippen LogP contribution < -0.4 is 10.1 Å². The van der Waals surface area contributed by atoms with Crippen LogP contribution >= 0.6 is 23.5 Å². The van der Waals surface area contributed by atoms with Crippen LogP contribution in [0.25, 0.3) is 5.69 Å². The molecule has 9 heteroatoms. The predicted molar refractivity (Wildman–Crippen MR) is 112 cm³/mol. The summed E-state index contributed by atoms with van der Waals surface area (Å²) >= 11 is 2.87. The summed E-state index contributed by atoms with van der Waals surface area (Å²) in [5.74, 6) is 1.46. The van der Waals surface area contributed by atoms with Crippen LogP contribution in [0.5, 0.6) is 5.75 Å². The summed E-state index contributed by atoms with van der Waals surface area (Å²) in [6.45, 7) is 3.73. The number of ether oxygens (including phenoxy) is 1. The highest BCUT2D eigenvalue weighted by Crippen LogP contribution is 2.28. The van der Waals surface area contributed by atoms with Gasteiger partial charge in [-0.2, -0.15) is 4.68 Å². The number of methoxy groups -OCH3 is 1. The Morgan fingerprint density at radius 2 is 2.00 bits per heavy atom. The molecule has 3 aromatic rings. The van der Waals surface area contributed by atoms with Gasteiger partial charge in [-0.1, -0.05) is 42.1 Å². The first kappa shape index (κ1) is 20.0. The number of para-hydroxylation sites is 3. The third-order valence-corrected chi connectivity index (χ3v) is 5.59. The number of anilines is 1. The maximum Gasteiger partial charge on any atom is 0.234 e. The third-order valence-electron chi connectivity index (χ3n) is 3.60. The average Bonchev–Trinajstić information content (AvgIpc) is 3.20. The molecule has 7 nitrogen and oxygen atoms in total. The van der Waals surface area contributed by atoms with E-state index in [1.807, 2.05) is 54.6 Å². The van der Waals surface area contributed by atoms with Crippen molar-refractivity contribution in [3.8, 4) is 11.4 Å². The Hall–Kier alpha value is -2.78. The summed E-state index contributed by atoms with van der Waals surface area (Å²) in [6, 6.07) is 15.1. The number of hydrogen-bond acceptors (Lipinski definition) is 7. The number of carbonyl (C=O) groups is 1. The van der Waals surface area contributed by atoms with Gasteiger partial charge in [-0.15, -0.1) is 23.4 Å². The highest BCUT2D eigenvalue weighted by Gasteiger charge is 2.15. The smallest absolute Gasteiger partial charge is 0.234 e. The molecule has 1 amide bonds. The standard InChI is InChI=1S/C19H19N5O2S2/c1-3-12-27-17-11-7-4-8-14(17)20-18(25)13-28-19-21-22-23-24(19)15-9-5-6-10-16(15)26-2/h3-11H,1,12-13H2,2H3,(H,20,25). The molecule has 1 aromatic heterocycles. The van der Waals surface area contributed by atoms with Gasteiger partial charge < -0.3 is 10.1 Å². The first-order chi connectivity index (χ1) is 13.7. The third kappa shape index (κ3) is 4.93. The number of carbonyl (C=O) groups excluding carboxylic acids is 1. The number of amides is 1. The summed E-state index contributed by atoms with van der Waals surface area (Å²) in [5, 5.41) is 15.2. The molecule has 0 aliphatic heterocycles. The highest BCUT2D eigenvalue weighted by atomic mass is 32.2. The van der Waals surface area contributed by atoms with Crippen molar-refractivity contribution in [2.24, 2.45) is 0 Å². The Bertz CT molecular complexity index is 961. The molecular weight excluding hydrogens is 394 g/mol. The number of tetrazole rings is 1. The fraction of sp³-hybridized carbons (Fsp3) is 0.158. The molecule has 0 spiro atoms. The summed E-state index contributed by atoms with van der Waals surface area (Å²) in [7, 11) is 1.59. The molecule has 144 valence electrons. The van der Waals surface area contributed by atoms with E-state index in [1.165, 1.54) is 11.8 Å². The van der Waals surface area contributed by atoms with Gasteiger partial charge in [0.25, 0.3) is 0 Å². The number of rotatable bonds is 9. The van der Waals surface area contributed by atoms with Crippen LogP contribution in [-0.2, 0) is 4.79 Å². The quantitative estimate of drug-likeness (QED) is 0.423. The second-order valence-electron chi connectivity index (χ2n) is 5.48. The van der Waals surface area contributed by atoms with Gasteiger partial charge in [0, 0.05) is 10.6 Å². The number of hydrogen-bond donors (Lipinski definition) is 1. The highest BCUT2D eigenvalue weighted by molar-refractivity contribution is 8.00. The molecule has 1 N–H and O–H groups in total. The number of nitrogens with one attached hydrogen (secondary N) is 1. The maximum atomic E-state index is 12.4. The van der Waals surface area contributed by atoms with Crippen LogP contribution in [0.2, 0.25) is 0 Å². The normalized spacial score (nSPS) is 10.5. The lowest BCUT2D eigenvalue weighted by atomic mass is 10.3. The molecule has 0 saturated carbocycles. The first-order valence-corrected chi connectivity index (χ1v) is 10.4. The average molecular weight is 414 g/mol. The van der Waals surface area contributed by atoms with Crippen LogP contribution in [0.15, 0.2) is 71.2 Å². The molecular formula is C19H19N5O2S2. The molecule has 0 saturated heterocycles. The first-order valence-electron chi connectivity index (χ1n) is 8.40. The molecule has 0 aliphatic carbocycles. The molecule has 0 unspecified atom stereocenters. The lowest BCUT2D eigenvalue weighted by Gasteiger charge is -2.10. The van der Waals surface area contributed by atoms with Crippen molar-refractivity contribution in [2.75, 3.05) is 23.9 Å². The maximum absolute atomic E-state index is 12.4. The minimum Gasteiger partial charge on any atom is -0.494 e. The van der Waals surface area contributed by atoms with Crippen LogP contribution in [0.4, 0.5) is 5.69 Å². The van der Waals surface area contributed by atoms with Crippen LogP contribution in [-0.4, -0.2) is 44.7 Å². The van der Waals surface area contributed by atoms with E-state index < -0.39 is 0 Å². The van der Waals surface area contributed by atoms with E-state index in [4.69, 9.17) is 4.74 Å². The zero-order valence-corrected chi connectivity index (χ0v) is 16.9. The summed E-state index contributed by atoms with van der Waals surface area (Å²) in [4.78, 5) is 13.4. The Morgan fingerprint density at radius 1 is 1.21 bits per heavy atom. The van der Waals surface area contributed by atoms with Crippen LogP contribution in [0, 0.1) is 0 Å². The summed E-state index contributed by atoms with van der Waals surface area (Å²) < 4.78 is 6.92.